The smallest absolute Gasteiger partial charge is 0.332 e. The summed E-state index contributed by atoms with van der Waals surface area (Å²) in [7, 11) is 0. The Bertz CT molecular complexity index is 202. The Kier molecular flexibility index (Phi) is 9.23. The summed E-state index contributed by atoms with van der Waals surface area (Å²) in [6.07, 6.45) is 1.10. The standard InChI is InChI=1S/C5H10O3.C5H8O/c1-3(2)4(6)5(7)8;1-5(2)3-4-6/h3-4,6H,1-2H3,(H,7,8);3-4H,1-2H3. The second-order valence-electron chi connectivity index (χ2n) is 3.41. The monoisotopic (exact) mass is 202 g/mol. The summed E-state index contributed by atoms with van der Waals surface area (Å²) in [6.45, 7) is 7.07. The average molecular weight is 202 g/mol. The minimum absolute atomic E-state index is 0.201. The molecule has 0 fully saturated rings. The van der Waals surface area contributed by atoms with E-state index >= 15 is 0 Å². The van der Waals surface area contributed by atoms with Crippen molar-refractivity contribution in [1.82, 2.24) is 0 Å². The van der Waals surface area contributed by atoms with Gasteiger partial charge >= 0.3 is 5.97 Å². The van der Waals surface area contributed by atoms with Gasteiger partial charge in [-0.15, -0.1) is 0 Å². The number of aliphatic carboxylic acids is 1. The highest BCUT2D eigenvalue weighted by Crippen LogP contribution is 1.99. The molecule has 0 radical (unpaired) electrons. The van der Waals surface area contributed by atoms with Crippen LogP contribution in [0.25, 0.3) is 0 Å². The van der Waals surface area contributed by atoms with Crippen molar-refractivity contribution in [3.05, 3.63) is 11.6 Å². The fraction of sp³-hybridized carbons (Fsp3) is 0.600. The normalized spacial score (nSPS) is 11.0. The van der Waals surface area contributed by atoms with E-state index < -0.39 is 12.1 Å². The molecule has 0 amide bonds. The first-order valence-corrected chi connectivity index (χ1v) is 4.32. The third-order valence-corrected chi connectivity index (χ3v) is 1.29. The summed E-state index contributed by atoms with van der Waals surface area (Å²) in [4.78, 5) is 19.4. The van der Waals surface area contributed by atoms with E-state index in [2.05, 4.69) is 0 Å². The van der Waals surface area contributed by atoms with Crippen LogP contribution in [0.4, 0.5) is 0 Å². The number of rotatable bonds is 3. The molecule has 14 heavy (non-hydrogen) atoms. The lowest BCUT2D eigenvalue weighted by molar-refractivity contribution is -0.148. The molecule has 82 valence electrons. The second kappa shape index (κ2) is 8.44. The van der Waals surface area contributed by atoms with Gasteiger partial charge < -0.3 is 10.2 Å². The van der Waals surface area contributed by atoms with Crippen LogP contribution < -0.4 is 0 Å². The van der Waals surface area contributed by atoms with Crippen LogP contribution in [0.1, 0.15) is 27.7 Å². The van der Waals surface area contributed by atoms with Crippen molar-refractivity contribution in [2.75, 3.05) is 0 Å². The minimum atomic E-state index is -1.21. The van der Waals surface area contributed by atoms with E-state index in [-0.39, 0.29) is 5.92 Å². The molecular weight excluding hydrogens is 184 g/mol. The zero-order valence-corrected chi connectivity index (χ0v) is 9.02. The molecule has 1 unspecified atom stereocenters. The summed E-state index contributed by atoms with van der Waals surface area (Å²) >= 11 is 0. The van der Waals surface area contributed by atoms with Crippen LogP contribution >= 0.6 is 0 Å². The molecule has 4 heteroatoms. The van der Waals surface area contributed by atoms with Gasteiger partial charge in [0.05, 0.1) is 0 Å². The van der Waals surface area contributed by atoms with Gasteiger partial charge in [-0.05, 0) is 25.8 Å². The highest BCUT2D eigenvalue weighted by atomic mass is 16.4. The molecule has 0 aliphatic rings. The summed E-state index contributed by atoms with van der Waals surface area (Å²) < 4.78 is 0. The topological polar surface area (TPSA) is 74.6 Å². The van der Waals surface area contributed by atoms with E-state index in [9.17, 15) is 9.59 Å². The number of hydrogen-bond donors (Lipinski definition) is 2. The van der Waals surface area contributed by atoms with Crippen LogP contribution in [0.15, 0.2) is 11.6 Å². The first-order chi connectivity index (χ1) is 6.32. The van der Waals surface area contributed by atoms with Crippen LogP contribution in [-0.4, -0.2) is 28.6 Å². The Hall–Kier alpha value is -1.16. The van der Waals surface area contributed by atoms with Crippen LogP contribution in [0, 0.1) is 5.92 Å². The van der Waals surface area contributed by atoms with Crippen LogP contribution in [0.5, 0.6) is 0 Å². The number of carboxylic acid groups (broad SMARTS) is 1. The first-order valence-electron chi connectivity index (χ1n) is 4.32. The molecule has 0 aromatic heterocycles. The van der Waals surface area contributed by atoms with Crippen molar-refractivity contribution in [3.63, 3.8) is 0 Å². The maximum absolute atomic E-state index is 9.89. The molecule has 1 atom stereocenters. The number of carbonyl (C=O) groups excluding carboxylic acids is 1. The Morgan fingerprint density at radius 2 is 1.71 bits per heavy atom. The van der Waals surface area contributed by atoms with Crippen molar-refractivity contribution in [1.29, 1.82) is 0 Å². The number of carbonyl (C=O) groups is 2. The molecule has 0 aliphatic carbocycles. The molecule has 0 spiro atoms. The molecule has 0 heterocycles. The SMILES string of the molecule is CC(C)=CC=O.CC(C)C(O)C(=O)O. The van der Waals surface area contributed by atoms with E-state index in [1.54, 1.807) is 13.8 Å². The highest BCUT2D eigenvalue weighted by Gasteiger charge is 2.16. The summed E-state index contributed by atoms with van der Waals surface area (Å²) in [5.41, 5.74) is 1.05. The van der Waals surface area contributed by atoms with E-state index in [0.717, 1.165) is 11.9 Å². The zero-order valence-electron chi connectivity index (χ0n) is 9.02. The van der Waals surface area contributed by atoms with Gasteiger partial charge in [0.15, 0.2) is 6.10 Å². The average Bonchev–Trinajstić information content (AvgIpc) is 2.03. The van der Waals surface area contributed by atoms with E-state index in [1.165, 1.54) is 6.08 Å². The molecule has 0 aliphatic heterocycles. The Labute approximate surface area is 84.3 Å². The third kappa shape index (κ3) is 10.8. The van der Waals surface area contributed by atoms with Crippen LogP contribution in [-0.2, 0) is 9.59 Å². The number of aliphatic hydroxyl groups is 1. The second-order valence-corrected chi connectivity index (χ2v) is 3.41. The Morgan fingerprint density at radius 3 is 1.71 bits per heavy atom. The first kappa shape index (κ1) is 15.3. The van der Waals surface area contributed by atoms with Gasteiger partial charge in [-0.25, -0.2) is 4.79 Å². The van der Waals surface area contributed by atoms with Gasteiger partial charge in [-0.1, -0.05) is 19.4 Å². The maximum Gasteiger partial charge on any atom is 0.332 e. The van der Waals surface area contributed by atoms with Gasteiger partial charge in [0.2, 0.25) is 0 Å². The fourth-order valence-electron chi connectivity index (χ4n) is 0.421. The predicted octanol–water partition coefficient (Wildman–Crippen LogP) is 1.24. The molecule has 0 rings (SSSR count). The van der Waals surface area contributed by atoms with E-state index in [1.807, 2.05) is 13.8 Å². The van der Waals surface area contributed by atoms with Gasteiger partial charge in [-0.2, -0.15) is 0 Å². The van der Waals surface area contributed by atoms with Crippen molar-refractivity contribution in [3.8, 4) is 0 Å². The van der Waals surface area contributed by atoms with Crippen LogP contribution in [0.3, 0.4) is 0 Å². The lowest BCUT2D eigenvalue weighted by Gasteiger charge is -2.06. The number of hydrogen-bond acceptors (Lipinski definition) is 3. The molecule has 0 aromatic carbocycles. The number of aldehydes is 1. The molecule has 4 nitrogen and oxygen atoms in total. The molecule has 0 bridgehead atoms. The van der Waals surface area contributed by atoms with Crippen molar-refractivity contribution in [2.24, 2.45) is 5.92 Å². The molecule has 0 aromatic rings. The third-order valence-electron chi connectivity index (χ3n) is 1.29. The van der Waals surface area contributed by atoms with E-state index in [0.29, 0.717) is 0 Å². The fourth-order valence-corrected chi connectivity index (χ4v) is 0.421. The van der Waals surface area contributed by atoms with Crippen molar-refractivity contribution >= 4 is 12.3 Å². The van der Waals surface area contributed by atoms with E-state index in [4.69, 9.17) is 10.2 Å². The molecule has 0 saturated carbocycles. The van der Waals surface area contributed by atoms with Crippen molar-refractivity contribution in [2.45, 2.75) is 33.8 Å². The quantitative estimate of drug-likeness (QED) is 0.533. The minimum Gasteiger partial charge on any atom is -0.479 e. The summed E-state index contributed by atoms with van der Waals surface area (Å²) in [5.74, 6) is -1.35. The number of aliphatic hydroxyl groups excluding tert-OH is 1. The Morgan fingerprint density at radius 1 is 1.29 bits per heavy atom. The highest BCUT2D eigenvalue weighted by molar-refractivity contribution is 5.72. The lowest BCUT2D eigenvalue weighted by Crippen LogP contribution is -2.25. The zero-order chi connectivity index (χ0) is 11.7. The molecule has 2 N–H and O–H groups in total. The van der Waals surface area contributed by atoms with Crippen LogP contribution in [0.2, 0.25) is 0 Å². The Balaban J connectivity index is 0. The van der Waals surface area contributed by atoms with Crippen molar-refractivity contribution < 1.29 is 19.8 Å². The maximum atomic E-state index is 9.89. The number of allylic oxidation sites excluding steroid dienone is 2. The molecule has 0 saturated heterocycles. The molecular formula is C10H18O4. The van der Waals surface area contributed by atoms with Gasteiger partial charge in [0, 0.05) is 0 Å². The summed E-state index contributed by atoms with van der Waals surface area (Å²) in [6, 6.07) is 0. The largest absolute Gasteiger partial charge is 0.479 e. The lowest BCUT2D eigenvalue weighted by atomic mass is 10.1. The summed E-state index contributed by atoms with van der Waals surface area (Å²) in [5, 5.41) is 16.7. The van der Waals surface area contributed by atoms with Gasteiger partial charge in [0.1, 0.15) is 6.29 Å². The van der Waals surface area contributed by atoms with Gasteiger partial charge in [-0.3, -0.25) is 4.79 Å². The predicted molar refractivity (Wildman–Crippen MR) is 54.0 cm³/mol. The number of carboxylic acids is 1. The van der Waals surface area contributed by atoms with Gasteiger partial charge in [0.25, 0.3) is 0 Å².